The van der Waals surface area contributed by atoms with Crippen LogP contribution in [0.2, 0.25) is 0 Å². The number of amides is 1. The van der Waals surface area contributed by atoms with Crippen molar-refractivity contribution >= 4 is 23.1 Å². The van der Waals surface area contributed by atoms with Gasteiger partial charge < -0.3 is 15.5 Å². The highest BCUT2D eigenvalue weighted by molar-refractivity contribution is 6.02. The molecule has 0 radical (unpaired) electrons. The van der Waals surface area contributed by atoms with Crippen LogP contribution in [0.5, 0.6) is 0 Å². The van der Waals surface area contributed by atoms with Crippen molar-refractivity contribution in [1.29, 1.82) is 0 Å². The highest BCUT2D eigenvalue weighted by atomic mass is 16.1. The quantitative estimate of drug-likeness (QED) is 0.594. The molecule has 1 amide bonds. The fraction of sp³-hybridized carbons (Fsp3) is 0.261. The fourth-order valence-corrected chi connectivity index (χ4v) is 2.99. The summed E-state index contributed by atoms with van der Waals surface area (Å²) in [5.74, 6) is 0.351. The van der Waals surface area contributed by atoms with Crippen LogP contribution in [0.25, 0.3) is 0 Å². The topological polar surface area (TPSA) is 70.2 Å². The smallest absolute Gasteiger partial charge is 0.276 e. The molecule has 29 heavy (non-hydrogen) atoms. The van der Waals surface area contributed by atoms with E-state index in [2.05, 4.69) is 70.8 Å². The summed E-state index contributed by atoms with van der Waals surface area (Å²) in [6.07, 6.45) is 0. The maximum atomic E-state index is 12.4. The SMILES string of the molecule is CCN(CC)c1ccc(NC(=O)c2ccc(NCc3ccc(C)cc3)nn2)cc1. The molecule has 2 aromatic carbocycles. The van der Waals surface area contributed by atoms with Crippen molar-refractivity contribution in [2.24, 2.45) is 0 Å². The van der Waals surface area contributed by atoms with Crippen molar-refractivity contribution in [3.8, 4) is 0 Å². The number of carbonyl (C=O) groups is 1. The van der Waals surface area contributed by atoms with E-state index in [0.717, 1.165) is 30.0 Å². The van der Waals surface area contributed by atoms with Crippen LogP contribution in [-0.2, 0) is 6.54 Å². The molecular weight excluding hydrogens is 362 g/mol. The van der Waals surface area contributed by atoms with Crippen LogP contribution >= 0.6 is 0 Å². The molecule has 0 saturated carbocycles. The first-order valence-electron chi connectivity index (χ1n) is 9.88. The van der Waals surface area contributed by atoms with Gasteiger partial charge >= 0.3 is 0 Å². The predicted molar refractivity (Wildman–Crippen MR) is 118 cm³/mol. The van der Waals surface area contributed by atoms with Gasteiger partial charge in [-0.15, -0.1) is 10.2 Å². The van der Waals surface area contributed by atoms with Crippen molar-refractivity contribution in [1.82, 2.24) is 10.2 Å². The number of nitrogens with zero attached hydrogens (tertiary/aromatic N) is 3. The lowest BCUT2D eigenvalue weighted by molar-refractivity contribution is 0.102. The molecule has 1 aromatic heterocycles. The average molecular weight is 390 g/mol. The Morgan fingerprint density at radius 2 is 1.59 bits per heavy atom. The minimum atomic E-state index is -0.279. The van der Waals surface area contributed by atoms with Gasteiger partial charge in [-0.2, -0.15) is 0 Å². The minimum Gasteiger partial charge on any atom is -0.372 e. The van der Waals surface area contributed by atoms with Crippen molar-refractivity contribution in [3.05, 3.63) is 77.5 Å². The number of hydrogen-bond donors (Lipinski definition) is 2. The number of hydrogen-bond acceptors (Lipinski definition) is 5. The number of rotatable bonds is 8. The zero-order valence-electron chi connectivity index (χ0n) is 17.1. The third kappa shape index (κ3) is 5.54. The number of aryl methyl sites for hydroxylation is 1. The molecule has 6 heteroatoms. The van der Waals surface area contributed by atoms with Crippen LogP contribution in [-0.4, -0.2) is 29.2 Å². The van der Waals surface area contributed by atoms with Crippen molar-refractivity contribution in [2.75, 3.05) is 28.6 Å². The van der Waals surface area contributed by atoms with Crippen LogP contribution in [0.1, 0.15) is 35.5 Å². The summed E-state index contributed by atoms with van der Waals surface area (Å²) in [6, 6.07) is 19.5. The van der Waals surface area contributed by atoms with Gasteiger partial charge in [-0.1, -0.05) is 29.8 Å². The first-order valence-corrected chi connectivity index (χ1v) is 9.88. The van der Waals surface area contributed by atoms with Crippen molar-refractivity contribution in [2.45, 2.75) is 27.3 Å². The van der Waals surface area contributed by atoms with E-state index in [-0.39, 0.29) is 11.6 Å². The minimum absolute atomic E-state index is 0.277. The zero-order chi connectivity index (χ0) is 20.6. The molecule has 2 N–H and O–H groups in total. The Hall–Kier alpha value is -3.41. The average Bonchev–Trinajstić information content (AvgIpc) is 2.76. The molecule has 0 atom stereocenters. The van der Waals surface area contributed by atoms with Crippen LogP contribution in [0.15, 0.2) is 60.7 Å². The summed E-state index contributed by atoms with van der Waals surface area (Å²) in [6.45, 7) is 8.85. The Balaban J connectivity index is 1.56. The highest BCUT2D eigenvalue weighted by Gasteiger charge is 2.09. The van der Waals surface area contributed by atoms with Gasteiger partial charge in [-0.25, -0.2) is 0 Å². The second-order valence-electron chi connectivity index (χ2n) is 6.82. The molecular formula is C23H27N5O. The van der Waals surface area contributed by atoms with E-state index in [9.17, 15) is 4.79 Å². The molecule has 0 aliphatic heterocycles. The molecule has 0 saturated heterocycles. The van der Waals surface area contributed by atoms with E-state index in [4.69, 9.17) is 0 Å². The molecule has 0 unspecified atom stereocenters. The van der Waals surface area contributed by atoms with Crippen LogP contribution < -0.4 is 15.5 Å². The first kappa shape index (κ1) is 20.3. The van der Waals surface area contributed by atoms with E-state index < -0.39 is 0 Å². The monoisotopic (exact) mass is 389 g/mol. The van der Waals surface area contributed by atoms with Gasteiger partial charge in [0.05, 0.1) is 0 Å². The van der Waals surface area contributed by atoms with Gasteiger partial charge in [0.15, 0.2) is 5.69 Å². The molecule has 0 aliphatic carbocycles. The van der Waals surface area contributed by atoms with Gasteiger partial charge in [0.2, 0.25) is 0 Å². The molecule has 1 heterocycles. The van der Waals surface area contributed by atoms with E-state index >= 15 is 0 Å². The standard InChI is InChI=1S/C23H27N5O/c1-4-28(5-2)20-12-10-19(11-13-20)25-23(29)21-14-15-22(27-26-21)24-16-18-8-6-17(3)7-9-18/h6-15H,4-5,16H2,1-3H3,(H,24,27)(H,25,29). The number of benzene rings is 2. The predicted octanol–water partition coefficient (Wildman–Crippen LogP) is 4.50. The lowest BCUT2D eigenvalue weighted by Gasteiger charge is -2.21. The molecule has 3 aromatic rings. The normalized spacial score (nSPS) is 10.4. The van der Waals surface area contributed by atoms with Crippen molar-refractivity contribution < 1.29 is 4.79 Å². The summed E-state index contributed by atoms with van der Waals surface area (Å²) in [5.41, 5.74) is 4.53. The van der Waals surface area contributed by atoms with Crippen LogP contribution in [0.3, 0.4) is 0 Å². The third-order valence-electron chi connectivity index (χ3n) is 4.75. The number of carbonyl (C=O) groups excluding carboxylic acids is 1. The second-order valence-corrected chi connectivity index (χ2v) is 6.82. The van der Waals surface area contributed by atoms with E-state index in [1.165, 1.54) is 5.56 Å². The number of nitrogens with one attached hydrogen (secondary N) is 2. The lowest BCUT2D eigenvalue weighted by Crippen LogP contribution is -2.21. The van der Waals surface area contributed by atoms with E-state index in [1.54, 1.807) is 12.1 Å². The number of anilines is 3. The van der Waals surface area contributed by atoms with Crippen LogP contribution in [0, 0.1) is 6.92 Å². The van der Waals surface area contributed by atoms with E-state index in [0.29, 0.717) is 12.4 Å². The summed E-state index contributed by atoms with van der Waals surface area (Å²) >= 11 is 0. The largest absolute Gasteiger partial charge is 0.372 e. The maximum absolute atomic E-state index is 12.4. The number of aromatic nitrogens is 2. The van der Waals surface area contributed by atoms with Gasteiger partial charge in [0, 0.05) is 31.0 Å². The second kappa shape index (κ2) is 9.68. The Kier molecular flexibility index (Phi) is 6.79. The van der Waals surface area contributed by atoms with Gasteiger partial charge in [0.25, 0.3) is 5.91 Å². The van der Waals surface area contributed by atoms with Gasteiger partial charge in [0.1, 0.15) is 5.82 Å². The molecule has 3 rings (SSSR count). The summed E-state index contributed by atoms with van der Waals surface area (Å²) < 4.78 is 0. The Morgan fingerprint density at radius 1 is 0.897 bits per heavy atom. The first-order chi connectivity index (χ1) is 14.1. The Labute approximate surface area is 172 Å². The zero-order valence-corrected chi connectivity index (χ0v) is 17.1. The molecule has 6 nitrogen and oxygen atoms in total. The lowest BCUT2D eigenvalue weighted by atomic mass is 10.1. The summed E-state index contributed by atoms with van der Waals surface area (Å²) in [7, 11) is 0. The van der Waals surface area contributed by atoms with Gasteiger partial charge in [-0.3, -0.25) is 4.79 Å². The highest BCUT2D eigenvalue weighted by Crippen LogP contribution is 2.18. The van der Waals surface area contributed by atoms with Crippen molar-refractivity contribution in [3.63, 3.8) is 0 Å². The van der Waals surface area contributed by atoms with Crippen LogP contribution in [0.4, 0.5) is 17.2 Å². The third-order valence-corrected chi connectivity index (χ3v) is 4.75. The molecule has 0 bridgehead atoms. The molecule has 0 aliphatic rings. The molecule has 0 fully saturated rings. The fourth-order valence-electron chi connectivity index (χ4n) is 2.99. The summed E-state index contributed by atoms with van der Waals surface area (Å²) in [5, 5.41) is 14.2. The Morgan fingerprint density at radius 3 is 2.17 bits per heavy atom. The molecule has 0 spiro atoms. The van der Waals surface area contributed by atoms with E-state index in [1.807, 2.05) is 24.3 Å². The summed E-state index contributed by atoms with van der Waals surface area (Å²) in [4.78, 5) is 14.7. The maximum Gasteiger partial charge on any atom is 0.276 e. The Bertz CT molecular complexity index is 917. The van der Waals surface area contributed by atoms with Gasteiger partial charge in [-0.05, 0) is 62.7 Å². The molecule has 150 valence electrons.